The minimum Gasteiger partial charge on any atom is -0.462 e. The zero-order chi connectivity index (χ0) is 20.6. The van der Waals surface area contributed by atoms with Gasteiger partial charge in [-0.05, 0) is 60.6 Å². The lowest BCUT2D eigenvalue weighted by Gasteiger charge is -2.14. The van der Waals surface area contributed by atoms with E-state index in [1.165, 1.54) is 18.1 Å². The number of alkyl halides is 3. The largest absolute Gasteiger partial charge is 0.462 e. The van der Waals surface area contributed by atoms with Crippen LogP contribution in [0.5, 0.6) is 0 Å². The van der Waals surface area contributed by atoms with Crippen LogP contribution in [0, 0.1) is 0 Å². The van der Waals surface area contributed by atoms with E-state index in [1.54, 1.807) is 18.2 Å². The van der Waals surface area contributed by atoms with E-state index in [-0.39, 0.29) is 12.3 Å². The van der Waals surface area contributed by atoms with Crippen molar-refractivity contribution in [1.82, 2.24) is 9.78 Å². The average Bonchev–Trinajstić information content (AvgIpc) is 3.35. The first-order valence-electron chi connectivity index (χ1n) is 9.44. The molecule has 29 heavy (non-hydrogen) atoms. The number of ether oxygens (including phenoxy) is 1. The van der Waals surface area contributed by atoms with Crippen LogP contribution in [0.2, 0.25) is 0 Å². The third-order valence-electron chi connectivity index (χ3n) is 5.08. The van der Waals surface area contributed by atoms with Crippen LogP contribution in [0.25, 0.3) is 16.8 Å². The molecule has 0 atom stereocenters. The van der Waals surface area contributed by atoms with E-state index in [0.717, 1.165) is 41.3 Å². The molecule has 4 rings (SSSR count). The molecule has 0 saturated carbocycles. The fourth-order valence-electron chi connectivity index (χ4n) is 3.87. The van der Waals surface area contributed by atoms with Crippen LogP contribution in [0.1, 0.15) is 40.5 Å². The molecule has 1 aromatic heterocycles. The van der Waals surface area contributed by atoms with Crippen molar-refractivity contribution < 1.29 is 22.7 Å². The number of rotatable bonds is 4. The van der Waals surface area contributed by atoms with Crippen LogP contribution in [0.4, 0.5) is 13.2 Å². The molecule has 0 bridgehead atoms. The molecule has 0 unspecified atom stereocenters. The summed E-state index contributed by atoms with van der Waals surface area (Å²) < 4.78 is 46.8. The standard InChI is InChI=1S/C22H19F3N2O2/c1-2-29-21(28)19-13-26-27(20(19)22(23,24)25)16-9-3-8-15(12-16)18-11-5-7-14-6-4-10-17(14)18/h3,5,7-9,11-13H,2,4,6,10H2,1H3. The topological polar surface area (TPSA) is 44.1 Å². The molecule has 150 valence electrons. The Kier molecular flexibility index (Phi) is 4.90. The zero-order valence-corrected chi connectivity index (χ0v) is 15.8. The van der Waals surface area contributed by atoms with Gasteiger partial charge in [0.1, 0.15) is 5.56 Å². The number of aryl methyl sites for hydroxylation is 1. The maximum Gasteiger partial charge on any atom is 0.434 e. The molecule has 1 heterocycles. The highest BCUT2D eigenvalue weighted by Gasteiger charge is 2.41. The summed E-state index contributed by atoms with van der Waals surface area (Å²) in [5, 5.41) is 3.86. The van der Waals surface area contributed by atoms with Gasteiger partial charge < -0.3 is 4.74 Å². The van der Waals surface area contributed by atoms with Gasteiger partial charge in [-0.25, -0.2) is 9.48 Å². The van der Waals surface area contributed by atoms with Gasteiger partial charge in [-0.1, -0.05) is 30.3 Å². The third kappa shape index (κ3) is 3.52. The Morgan fingerprint density at radius 1 is 1.17 bits per heavy atom. The van der Waals surface area contributed by atoms with Crippen molar-refractivity contribution in [2.75, 3.05) is 6.61 Å². The Bertz CT molecular complexity index is 1070. The number of hydrogen-bond donors (Lipinski definition) is 0. The molecule has 0 saturated heterocycles. The molecular weight excluding hydrogens is 381 g/mol. The van der Waals surface area contributed by atoms with Crippen LogP contribution in [-0.2, 0) is 23.8 Å². The van der Waals surface area contributed by atoms with Gasteiger partial charge in [-0.2, -0.15) is 18.3 Å². The Labute approximate surface area is 165 Å². The van der Waals surface area contributed by atoms with Gasteiger partial charge in [-0.3, -0.25) is 0 Å². The van der Waals surface area contributed by atoms with Crippen molar-refractivity contribution >= 4 is 5.97 Å². The second kappa shape index (κ2) is 7.39. The monoisotopic (exact) mass is 400 g/mol. The van der Waals surface area contributed by atoms with Crippen molar-refractivity contribution in [2.45, 2.75) is 32.4 Å². The number of esters is 1. The number of aromatic nitrogens is 2. The van der Waals surface area contributed by atoms with Crippen LogP contribution >= 0.6 is 0 Å². The summed E-state index contributed by atoms with van der Waals surface area (Å²) in [6, 6.07) is 12.8. The predicted molar refractivity (Wildman–Crippen MR) is 102 cm³/mol. The van der Waals surface area contributed by atoms with Crippen LogP contribution < -0.4 is 0 Å². The van der Waals surface area contributed by atoms with Gasteiger partial charge >= 0.3 is 12.1 Å². The molecule has 0 amide bonds. The molecule has 0 spiro atoms. The van der Waals surface area contributed by atoms with Crippen LogP contribution in [-0.4, -0.2) is 22.4 Å². The maximum absolute atomic E-state index is 13.8. The summed E-state index contributed by atoms with van der Waals surface area (Å²) in [7, 11) is 0. The van der Waals surface area contributed by atoms with E-state index in [4.69, 9.17) is 4.74 Å². The summed E-state index contributed by atoms with van der Waals surface area (Å²) in [5.74, 6) is -1.04. The Morgan fingerprint density at radius 2 is 1.97 bits per heavy atom. The lowest BCUT2D eigenvalue weighted by Crippen LogP contribution is -2.18. The number of nitrogens with zero attached hydrogens (tertiary/aromatic N) is 2. The highest BCUT2D eigenvalue weighted by Crippen LogP contribution is 2.36. The van der Waals surface area contributed by atoms with Gasteiger partial charge in [0, 0.05) is 0 Å². The van der Waals surface area contributed by atoms with E-state index >= 15 is 0 Å². The minimum absolute atomic E-state index is 0.0179. The van der Waals surface area contributed by atoms with E-state index in [0.29, 0.717) is 0 Å². The number of carbonyl (C=O) groups excluding carboxylic acids is 1. The average molecular weight is 400 g/mol. The Balaban J connectivity index is 1.82. The molecule has 2 aromatic carbocycles. The van der Waals surface area contributed by atoms with E-state index in [9.17, 15) is 18.0 Å². The van der Waals surface area contributed by atoms with E-state index in [2.05, 4.69) is 11.2 Å². The summed E-state index contributed by atoms with van der Waals surface area (Å²) in [6.07, 6.45) is -0.802. The second-order valence-corrected chi connectivity index (χ2v) is 6.88. The Hall–Kier alpha value is -3.09. The maximum atomic E-state index is 13.8. The lowest BCUT2D eigenvalue weighted by atomic mass is 9.96. The molecule has 0 radical (unpaired) electrons. The molecule has 1 aliphatic rings. The van der Waals surface area contributed by atoms with Crippen LogP contribution in [0.3, 0.4) is 0 Å². The van der Waals surface area contributed by atoms with E-state index < -0.39 is 23.4 Å². The van der Waals surface area contributed by atoms with Gasteiger partial charge in [-0.15, -0.1) is 0 Å². The molecule has 0 N–H and O–H groups in total. The number of carbonyl (C=O) groups is 1. The fourth-order valence-corrected chi connectivity index (χ4v) is 3.87. The Morgan fingerprint density at radius 3 is 2.72 bits per heavy atom. The van der Waals surface area contributed by atoms with Crippen molar-refractivity contribution in [2.24, 2.45) is 0 Å². The molecule has 0 aliphatic heterocycles. The normalized spacial score (nSPS) is 13.4. The number of hydrogen-bond acceptors (Lipinski definition) is 3. The summed E-state index contributed by atoms with van der Waals surface area (Å²) in [5.41, 5.74) is 2.88. The zero-order valence-electron chi connectivity index (χ0n) is 15.8. The number of fused-ring (bicyclic) bond motifs is 1. The first kappa shape index (κ1) is 19.2. The number of benzene rings is 2. The molecule has 3 aromatic rings. The molecule has 4 nitrogen and oxygen atoms in total. The van der Waals surface area contributed by atoms with Crippen molar-refractivity contribution in [1.29, 1.82) is 0 Å². The molecular formula is C22H19F3N2O2. The second-order valence-electron chi connectivity index (χ2n) is 6.88. The minimum atomic E-state index is -4.76. The highest BCUT2D eigenvalue weighted by molar-refractivity contribution is 5.90. The number of halogens is 3. The van der Waals surface area contributed by atoms with Gasteiger partial charge in [0.25, 0.3) is 0 Å². The van der Waals surface area contributed by atoms with Gasteiger partial charge in [0.15, 0.2) is 5.69 Å². The highest BCUT2D eigenvalue weighted by atomic mass is 19.4. The molecule has 7 heteroatoms. The lowest BCUT2D eigenvalue weighted by molar-refractivity contribution is -0.143. The third-order valence-corrected chi connectivity index (χ3v) is 5.08. The predicted octanol–water partition coefficient (Wildman–Crippen LogP) is 5.22. The van der Waals surface area contributed by atoms with Crippen molar-refractivity contribution in [3.8, 4) is 16.8 Å². The van der Waals surface area contributed by atoms with Crippen molar-refractivity contribution in [3.63, 3.8) is 0 Å². The summed E-state index contributed by atoms with van der Waals surface area (Å²) in [6.45, 7) is 1.52. The summed E-state index contributed by atoms with van der Waals surface area (Å²) in [4.78, 5) is 12.0. The van der Waals surface area contributed by atoms with Gasteiger partial charge in [0.05, 0.1) is 18.5 Å². The molecule has 1 aliphatic carbocycles. The smallest absolute Gasteiger partial charge is 0.434 e. The SMILES string of the molecule is CCOC(=O)c1cnn(-c2cccc(-c3cccc4c3CCC4)c2)c1C(F)(F)F. The molecule has 0 fully saturated rings. The van der Waals surface area contributed by atoms with E-state index in [1.807, 2.05) is 18.2 Å². The first-order valence-corrected chi connectivity index (χ1v) is 9.44. The van der Waals surface area contributed by atoms with Gasteiger partial charge in [0.2, 0.25) is 0 Å². The fraction of sp³-hybridized carbons (Fsp3) is 0.273. The first-order chi connectivity index (χ1) is 13.9. The van der Waals surface area contributed by atoms with Crippen LogP contribution in [0.15, 0.2) is 48.7 Å². The quantitative estimate of drug-likeness (QED) is 0.564. The van der Waals surface area contributed by atoms with Crippen molar-refractivity contribution in [3.05, 3.63) is 71.0 Å². The summed E-state index contributed by atoms with van der Waals surface area (Å²) >= 11 is 0.